The fraction of sp³-hybridized carbons (Fsp3) is 0.320. The van der Waals surface area contributed by atoms with Crippen LogP contribution in [-0.2, 0) is 22.3 Å². The van der Waals surface area contributed by atoms with Gasteiger partial charge in [-0.2, -0.15) is 31.4 Å². The number of ether oxygens (including phenoxy) is 2. The number of nitrogens with one attached hydrogen (secondary N) is 1. The van der Waals surface area contributed by atoms with Crippen molar-refractivity contribution in [3.05, 3.63) is 77.9 Å². The molecule has 1 fully saturated rings. The summed E-state index contributed by atoms with van der Waals surface area (Å²) in [7, 11) is 0. The standard InChI is InChI=1S/C23H22F4N4O3.C2HF3O2/c24-18-6-4-16(5-7-18)12-31-13-19(11-28-31)29-22(32)30-8-9-33-21(14-30)15-34-20-3-1-2-17(10-20)23(25,26)27;3-2(4,5)1(6)7/h1-7,10-11,13,21H,8-9,12,14-15H2,(H,29,32);(H,6,7). The number of carbonyl (C=O) groups is 2. The van der Waals surface area contributed by atoms with Gasteiger partial charge in [-0.3, -0.25) is 4.68 Å². The van der Waals surface area contributed by atoms with Crippen LogP contribution in [0, 0.1) is 5.82 Å². The zero-order valence-electron chi connectivity index (χ0n) is 21.0. The summed E-state index contributed by atoms with van der Waals surface area (Å²) in [5, 5.41) is 14.1. The summed E-state index contributed by atoms with van der Waals surface area (Å²) in [4.78, 5) is 23.1. The number of aromatic nitrogens is 2. The topological polar surface area (TPSA) is 106 Å². The van der Waals surface area contributed by atoms with Gasteiger partial charge >= 0.3 is 24.4 Å². The molecule has 16 heteroatoms. The molecule has 1 aliphatic heterocycles. The lowest BCUT2D eigenvalue weighted by molar-refractivity contribution is -0.192. The largest absolute Gasteiger partial charge is 0.491 e. The van der Waals surface area contributed by atoms with Gasteiger partial charge in [0.25, 0.3) is 0 Å². The maximum atomic E-state index is 13.0. The van der Waals surface area contributed by atoms with Gasteiger partial charge in [-0.15, -0.1) is 0 Å². The third-order valence-corrected chi connectivity index (χ3v) is 5.41. The maximum Gasteiger partial charge on any atom is 0.490 e. The van der Waals surface area contributed by atoms with Gasteiger partial charge in [0.15, 0.2) is 0 Å². The van der Waals surface area contributed by atoms with E-state index in [4.69, 9.17) is 19.4 Å². The van der Waals surface area contributed by atoms with E-state index < -0.39 is 30.0 Å². The Kier molecular flexibility index (Phi) is 10.2. The van der Waals surface area contributed by atoms with Gasteiger partial charge in [-0.1, -0.05) is 18.2 Å². The van der Waals surface area contributed by atoms with Crippen molar-refractivity contribution in [3.63, 3.8) is 0 Å². The van der Waals surface area contributed by atoms with Crippen LogP contribution in [0.25, 0.3) is 0 Å². The van der Waals surface area contributed by atoms with E-state index in [0.29, 0.717) is 18.8 Å². The minimum atomic E-state index is -5.08. The van der Waals surface area contributed by atoms with Gasteiger partial charge in [0.1, 0.15) is 24.3 Å². The number of halogens is 7. The Morgan fingerprint density at radius 2 is 1.78 bits per heavy atom. The van der Waals surface area contributed by atoms with Crippen LogP contribution in [0.15, 0.2) is 60.9 Å². The summed E-state index contributed by atoms with van der Waals surface area (Å²) in [5.74, 6) is -3.00. The number of rotatable bonds is 6. The number of aliphatic carboxylic acids is 1. The zero-order valence-corrected chi connectivity index (χ0v) is 21.0. The number of urea groups is 1. The van der Waals surface area contributed by atoms with Crippen LogP contribution in [0.4, 0.5) is 41.2 Å². The Labute approximate surface area is 228 Å². The zero-order chi connectivity index (χ0) is 30.2. The highest BCUT2D eigenvalue weighted by atomic mass is 19.4. The third kappa shape index (κ3) is 9.97. The van der Waals surface area contributed by atoms with E-state index in [1.165, 1.54) is 30.5 Å². The summed E-state index contributed by atoms with van der Waals surface area (Å²) in [5.41, 5.74) is 0.560. The second-order valence-corrected chi connectivity index (χ2v) is 8.56. The second-order valence-electron chi connectivity index (χ2n) is 8.56. The lowest BCUT2D eigenvalue weighted by atomic mass is 10.2. The number of carbonyl (C=O) groups excluding carboxylic acids is 1. The summed E-state index contributed by atoms with van der Waals surface area (Å²) >= 11 is 0. The molecule has 2 amide bonds. The van der Waals surface area contributed by atoms with Crippen LogP contribution in [0.1, 0.15) is 11.1 Å². The van der Waals surface area contributed by atoms with Crippen molar-refractivity contribution in [3.8, 4) is 5.75 Å². The monoisotopic (exact) mass is 592 g/mol. The molecule has 1 atom stereocenters. The molecule has 2 aromatic carbocycles. The SMILES string of the molecule is O=C(Nc1cnn(Cc2ccc(F)cc2)c1)N1CCOC(COc2cccc(C(F)(F)F)c2)C1.O=C(O)C(F)(F)F. The molecular weight excluding hydrogens is 569 g/mol. The number of benzene rings is 2. The molecule has 9 nitrogen and oxygen atoms in total. The van der Waals surface area contributed by atoms with Crippen LogP contribution in [0.2, 0.25) is 0 Å². The first kappa shape index (κ1) is 31.2. The van der Waals surface area contributed by atoms with E-state index >= 15 is 0 Å². The molecule has 3 aromatic rings. The molecule has 0 aliphatic carbocycles. The highest BCUT2D eigenvalue weighted by Gasteiger charge is 2.38. The molecule has 222 valence electrons. The molecule has 1 aliphatic rings. The molecule has 4 rings (SSSR count). The molecule has 1 saturated heterocycles. The molecule has 1 unspecified atom stereocenters. The Balaban J connectivity index is 0.000000587. The van der Waals surface area contributed by atoms with E-state index in [2.05, 4.69) is 10.4 Å². The van der Waals surface area contributed by atoms with Crippen molar-refractivity contribution in [2.75, 3.05) is 31.6 Å². The van der Waals surface area contributed by atoms with E-state index in [9.17, 15) is 35.5 Å². The minimum absolute atomic E-state index is 0.000687. The number of carboxylic acids is 1. The van der Waals surface area contributed by atoms with E-state index in [1.54, 1.807) is 27.9 Å². The van der Waals surface area contributed by atoms with Crippen LogP contribution < -0.4 is 10.1 Å². The van der Waals surface area contributed by atoms with Gasteiger partial charge in [0.05, 0.1) is 37.1 Å². The first-order valence-electron chi connectivity index (χ1n) is 11.8. The first-order chi connectivity index (χ1) is 19.2. The van der Waals surface area contributed by atoms with Crippen molar-refractivity contribution >= 4 is 17.7 Å². The van der Waals surface area contributed by atoms with E-state index in [-0.39, 0.29) is 37.4 Å². The molecule has 41 heavy (non-hydrogen) atoms. The molecule has 0 radical (unpaired) electrons. The molecule has 2 N–H and O–H groups in total. The van der Waals surface area contributed by atoms with Crippen molar-refractivity contribution < 1.29 is 54.9 Å². The van der Waals surface area contributed by atoms with E-state index in [0.717, 1.165) is 17.7 Å². The Hall–Kier alpha value is -4.34. The number of morpholine rings is 1. The predicted octanol–water partition coefficient (Wildman–Crippen LogP) is 5.03. The summed E-state index contributed by atoms with van der Waals surface area (Å²) in [6.07, 6.45) is -6.86. The van der Waals surface area contributed by atoms with Crippen LogP contribution in [0.3, 0.4) is 0 Å². The average Bonchev–Trinajstić information content (AvgIpc) is 3.35. The Morgan fingerprint density at radius 1 is 1.10 bits per heavy atom. The summed E-state index contributed by atoms with van der Waals surface area (Å²) in [6.45, 7) is 1.27. The summed E-state index contributed by atoms with van der Waals surface area (Å²) in [6, 6.07) is 10.3. The molecule has 1 aromatic heterocycles. The fourth-order valence-corrected chi connectivity index (χ4v) is 3.45. The van der Waals surface area contributed by atoms with E-state index in [1.807, 2.05) is 0 Å². The lowest BCUT2D eigenvalue weighted by Gasteiger charge is -2.32. The van der Waals surface area contributed by atoms with Crippen molar-refractivity contribution in [2.45, 2.75) is 25.0 Å². The number of alkyl halides is 6. The third-order valence-electron chi connectivity index (χ3n) is 5.41. The molecule has 0 bridgehead atoms. The quantitative estimate of drug-likeness (QED) is 0.389. The second kappa shape index (κ2) is 13.3. The van der Waals surface area contributed by atoms with Crippen molar-refractivity contribution in [1.29, 1.82) is 0 Å². The maximum absolute atomic E-state index is 13.0. The van der Waals surface area contributed by atoms with Crippen LogP contribution >= 0.6 is 0 Å². The van der Waals surface area contributed by atoms with Gasteiger partial charge in [-0.05, 0) is 35.9 Å². The van der Waals surface area contributed by atoms with Gasteiger partial charge in [-0.25, -0.2) is 14.0 Å². The highest BCUT2D eigenvalue weighted by molar-refractivity contribution is 5.89. The number of hydrogen-bond donors (Lipinski definition) is 2. The van der Waals surface area contributed by atoms with Crippen molar-refractivity contribution in [2.24, 2.45) is 0 Å². The van der Waals surface area contributed by atoms with Gasteiger partial charge < -0.3 is 24.8 Å². The number of amides is 2. The Morgan fingerprint density at radius 3 is 2.41 bits per heavy atom. The number of carboxylic acid groups (broad SMARTS) is 1. The fourth-order valence-electron chi connectivity index (χ4n) is 3.45. The van der Waals surface area contributed by atoms with Crippen LogP contribution in [0.5, 0.6) is 5.75 Å². The normalized spacial score (nSPS) is 15.5. The Bertz CT molecular complexity index is 1310. The molecule has 0 saturated carbocycles. The highest BCUT2D eigenvalue weighted by Crippen LogP contribution is 2.31. The lowest BCUT2D eigenvalue weighted by Crippen LogP contribution is -2.49. The molecular formula is C25H23F7N4O5. The predicted molar refractivity (Wildman–Crippen MR) is 129 cm³/mol. The minimum Gasteiger partial charge on any atom is -0.491 e. The smallest absolute Gasteiger partial charge is 0.490 e. The van der Waals surface area contributed by atoms with Crippen molar-refractivity contribution in [1.82, 2.24) is 14.7 Å². The number of nitrogens with zero attached hydrogens (tertiary/aromatic N) is 3. The number of hydrogen-bond acceptors (Lipinski definition) is 5. The molecule has 2 heterocycles. The number of anilines is 1. The first-order valence-corrected chi connectivity index (χ1v) is 11.8. The summed E-state index contributed by atoms with van der Waals surface area (Å²) < 4.78 is 96.0. The molecule has 0 spiro atoms. The van der Waals surface area contributed by atoms with Crippen LogP contribution in [-0.4, -0.2) is 70.4 Å². The van der Waals surface area contributed by atoms with Gasteiger partial charge in [0, 0.05) is 12.7 Å². The average molecular weight is 592 g/mol. The van der Waals surface area contributed by atoms with Gasteiger partial charge in [0.2, 0.25) is 0 Å².